The van der Waals surface area contributed by atoms with Crippen molar-refractivity contribution in [3.63, 3.8) is 0 Å². The number of amides is 1. The average Bonchev–Trinajstić information content (AvgIpc) is 2.18. The molecule has 4 nitrogen and oxygen atoms in total. The van der Waals surface area contributed by atoms with Gasteiger partial charge < -0.3 is 9.84 Å². The van der Waals surface area contributed by atoms with Crippen molar-refractivity contribution >= 4 is 6.09 Å². The summed E-state index contributed by atoms with van der Waals surface area (Å²) in [5.74, 6) is 0. The zero-order chi connectivity index (χ0) is 10.2. The number of benzene rings is 1. The Morgan fingerprint density at radius 3 is 2.79 bits per heavy atom. The number of nitrogens with one attached hydrogen (secondary N) is 1. The van der Waals surface area contributed by atoms with E-state index >= 15 is 0 Å². The maximum Gasteiger partial charge on any atom is 0.408 e. The Morgan fingerprint density at radius 1 is 1.43 bits per heavy atom. The van der Waals surface area contributed by atoms with Crippen LogP contribution in [-0.4, -0.2) is 11.2 Å². The van der Waals surface area contributed by atoms with Gasteiger partial charge in [0.15, 0.2) is 0 Å². The summed E-state index contributed by atoms with van der Waals surface area (Å²) >= 11 is 0. The van der Waals surface area contributed by atoms with Crippen LogP contribution in [0.1, 0.15) is 5.56 Å². The molecule has 1 aromatic rings. The minimum atomic E-state index is -1.11. The molecule has 0 aromatic heterocycles. The summed E-state index contributed by atoms with van der Waals surface area (Å²) in [5, 5.41) is 10.3. The highest BCUT2D eigenvalue weighted by Crippen LogP contribution is 1.99. The van der Waals surface area contributed by atoms with Crippen molar-refractivity contribution < 1.29 is 14.6 Å². The molecule has 0 fully saturated rings. The lowest BCUT2D eigenvalue weighted by Gasteiger charge is -1.99. The average molecular weight is 193 g/mol. The zero-order valence-electron chi connectivity index (χ0n) is 7.51. The van der Waals surface area contributed by atoms with E-state index in [0.29, 0.717) is 6.61 Å². The van der Waals surface area contributed by atoms with Gasteiger partial charge in [-0.05, 0) is 5.56 Å². The summed E-state index contributed by atoms with van der Waals surface area (Å²) < 4.78 is 5.06. The van der Waals surface area contributed by atoms with E-state index in [1.54, 1.807) is 0 Å². The molecule has 1 aromatic carbocycles. The topological polar surface area (TPSA) is 58.6 Å². The van der Waals surface area contributed by atoms with Crippen molar-refractivity contribution in [2.24, 2.45) is 0 Å². The highest BCUT2D eigenvalue weighted by Gasteiger charge is 1.88. The summed E-state index contributed by atoms with van der Waals surface area (Å²) in [4.78, 5) is 10.0. The fourth-order valence-electron chi connectivity index (χ4n) is 0.872. The molecule has 0 bridgehead atoms. The number of carbonyl (C=O) groups is 1. The summed E-state index contributed by atoms with van der Waals surface area (Å²) in [6.45, 7) is 0.429. The Balaban J connectivity index is 2.22. The normalized spacial score (nSPS) is 10.0. The van der Waals surface area contributed by atoms with E-state index in [4.69, 9.17) is 9.84 Å². The van der Waals surface area contributed by atoms with Crippen LogP contribution in [0.5, 0.6) is 0 Å². The molecule has 0 aliphatic carbocycles. The Morgan fingerprint density at radius 2 is 2.14 bits per heavy atom. The van der Waals surface area contributed by atoms with Crippen molar-refractivity contribution in [2.75, 3.05) is 0 Å². The number of ether oxygens (including phenoxy) is 1. The molecule has 0 aliphatic heterocycles. The van der Waals surface area contributed by atoms with E-state index in [0.717, 1.165) is 5.56 Å². The second kappa shape index (κ2) is 5.64. The van der Waals surface area contributed by atoms with Gasteiger partial charge in [0.2, 0.25) is 0 Å². The molecule has 14 heavy (non-hydrogen) atoms. The highest BCUT2D eigenvalue weighted by atomic mass is 16.5. The van der Waals surface area contributed by atoms with Gasteiger partial charge in [0.05, 0.1) is 6.26 Å². The van der Waals surface area contributed by atoms with Crippen LogP contribution < -0.4 is 5.32 Å². The number of hydrogen-bond donors (Lipinski definition) is 2. The maximum absolute atomic E-state index is 10.0. The van der Waals surface area contributed by atoms with Crippen LogP contribution in [0.15, 0.2) is 42.8 Å². The number of rotatable bonds is 4. The van der Waals surface area contributed by atoms with Gasteiger partial charge in [-0.15, -0.1) is 0 Å². The molecule has 0 aliphatic rings. The van der Waals surface area contributed by atoms with Crippen LogP contribution in [0.4, 0.5) is 4.79 Å². The van der Waals surface area contributed by atoms with Gasteiger partial charge >= 0.3 is 6.09 Å². The number of hydrogen-bond acceptors (Lipinski definition) is 2. The third-order valence-electron chi connectivity index (χ3n) is 1.46. The maximum atomic E-state index is 10.0. The molecule has 1 rings (SSSR count). The quantitative estimate of drug-likeness (QED) is 0.718. The largest absolute Gasteiger partial charge is 0.495 e. The minimum Gasteiger partial charge on any atom is -0.495 e. The standard InChI is InChI=1S/C10H11NO3/c12-10(13)11-6-7-14-8-9-4-2-1-3-5-9/h1-7,11H,8H2,(H,12,13)/b7-6+. The summed E-state index contributed by atoms with van der Waals surface area (Å²) in [6, 6.07) is 9.61. The molecule has 0 atom stereocenters. The minimum absolute atomic E-state index is 0.429. The fourth-order valence-corrected chi connectivity index (χ4v) is 0.872. The first-order valence-electron chi connectivity index (χ1n) is 4.09. The van der Waals surface area contributed by atoms with E-state index in [2.05, 4.69) is 0 Å². The van der Waals surface area contributed by atoms with E-state index in [1.807, 2.05) is 35.6 Å². The van der Waals surface area contributed by atoms with Crippen LogP contribution in [0, 0.1) is 0 Å². The molecule has 0 saturated heterocycles. The molecule has 0 saturated carbocycles. The monoisotopic (exact) mass is 193 g/mol. The molecule has 2 N–H and O–H groups in total. The van der Waals surface area contributed by atoms with E-state index in [-0.39, 0.29) is 0 Å². The van der Waals surface area contributed by atoms with Gasteiger partial charge in [-0.1, -0.05) is 30.3 Å². The van der Waals surface area contributed by atoms with Gasteiger partial charge in [0, 0.05) is 6.20 Å². The summed E-state index contributed by atoms with van der Waals surface area (Å²) in [7, 11) is 0. The lowest BCUT2D eigenvalue weighted by Crippen LogP contribution is -2.12. The van der Waals surface area contributed by atoms with E-state index in [9.17, 15) is 4.79 Å². The van der Waals surface area contributed by atoms with Crippen LogP contribution in [0.25, 0.3) is 0 Å². The molecule has 0 radical (unpaired) electrons. The predicted octanol–water partition coefficient (Wildman–Crippen LogP) is 1.94. The van der Waals surface area contributed by atoms with Crippen LogP contribution >= 0.6 is 0 Å². The lowest BCUT2D eigenvalue weighted by atomic mass is 10.2. The molecule has 1 amide bonds. The second-order valence-corrected chi connectivity index (χ2v) is 2.55. The molecular formula is C10H11NO3. The first-order chi connectivity index (χ1) is 6.79. The van der Waals surface area contributed by atoms with Gasteiger partial charge in [-0.25, -0.2) is 4.79 Å². The van der Waals surface area contributed by atoms with Gasteiger partial charge in [-0.2, -0.15) is 0 Å². The third kappa shape index (κ3) is 4.15. The first-order valence-corrected chi connectivity index (χ1v) is 4.09. The molecule has 0 spiro atoms. The molecular weight excluding hydrogens is 182 g/mol. The van der Waals surface area contributed by atoms with Crippen LogP contribution in [0.3, 0.4) is 0 Å². The molecule has 0 unspecified atom stereocenters. The summed E-state index contributed by atoms with van der Waals surface area (Å²) in [5.41, 5.74) is 1.03. The fraction of sp³-hybridized carbons (Fsp3) is 0.100. The Kier molecular flexibility index (Phi) is 4.07. The highest BCUT2D eigenvalue weighted by molar-refractivity contribution is 5.65. The van der Waals surface area contributed by atoms with Crippen molar-refractivity contribution in [1.29, 1.82) is 0 Å². The Bertz CT molecular complexity index is 308. The van der Waals surface area contributed by atoms with Gasteiger partial charge in [0.1, 0.15) is 6.61 Å². The van der Waals surface area contributed by atoms with Crippen LogP contribution in [-0.2, 0) is 11.3 Å². The van der Waals surface area contributed by atoms with Crippen molar-refractivity contribution in [3.8, 4) is 0 Å². The molecule has 74 valence electrons. The SMILES string of the molecule is O=C(O)N/C=C/OCc1ccccc1. The van der Waals surface area contributed by atoms with E-state index in [1.165, 1.54) is 12.5 Å². The first kappa shape index (κ1) is 10.1. The van der Waals surface area contributed by atoms with E-state index < -0.39 is 6.09 Å². The van der Waals surface area contributed by atoms with Crippen molar-refractivity contribution in [2.45, 2.75) is 6.61 Å². The van der Waals surface area contributed by atoms with Crippen LogP contribution in [0.2, 0.25) is 0 Å². The Labute approximate surface area is 81.8 Å². The molecule has 0 heterocycles. The molecule has 4 heteroatoms. The summed E-state index contributed by atoms with van der Waals surface area (Å²) in [6.07, 6.45) is 1.43. The lowest BCUT2D eigenvalue weighted by molar-refractivity contribution is 0.197. The Hall–Kier alpha value is -1.97. The van der Waals surface area contributed by atoms with Gasteiger partial charge in [0.25, 0.3) is 0 Å². The zero-order valence-corrected chi connectivity index (χ0v) is 7.51. The van der Waals surface area contributed by atoms with Gasteiger partial charge in [-0.3, -0.25) is 5.32 Å². The van der Waals surface area contributed by atoms with Crippen molar-refractivity contribution in [1.82, 2.24) is 5.32 Å². The van der Waals surface area contributed by atoms with Crippen molar-refractivity contribution in [3.05, 3.63) is 48.4 Å². The smallest absolute Gasteiger partial charge is 0.408 e. The third-order valence-corrected chi connectivity index (χ3v) is 1.46. The second-order valence-electron chi connectivity index (χ2n) is 2.55. The number of carboxylic acid groups (broad SMARTS) is 1. The predicted molar refractivity (Wildman–Crippen MR) is 51.5 cm³/mol.